The number of phosphoric acid groups is 3. The molecule has 1 saturated heterocycles. The summed E-state index contributed by atoms with van der Waals surface area (Å²) in [6.45, 7) is -1.22. The molecule has 2 aromatic rings. The lowest BCUT2D eigenvalue weighted by Gasteiger charge is -2.33. The van der Waals surface area contributed by atoms with Crippen LogP contribution >= 0.6 is 23.5 Å². The van der Waals surface area contributed by atoms with Gasteiger partial charge in [-0.05, 0) is 41.7 Å². The molecule has 48 heavy (non-hydrogen) atoms. The Kier molecular flexibility index (Phi) is 10.3. The minimum atomic E-state index is -5.70. The summed E-state index contributed by atoms with van der Waals surface area (Å²) in [5.74, 6) is 0.422. The third-order valence-electron chi connectivity index (χ3n) is 8.28. The van der Waals surface area contributed by atoms with Crippen molar-refractivity contribution in [1.82, 2.24) is 10.2 Å². The van der Waals surface area contributed by atoms with Crippen molar-refractivity contribution in [3.8, 4) is 0 Å². The van der Waals surface area contributed by atoms with Gasteiger partial charge in [-0.15, -0.1) is 0 Å². The molecule has 0 radical (unpaired) electrons. The minimum Gasteiger partial charge on any atom is -0.466 e. The highest BCUT2D eigenvalue weighted by Gasteiger charge is 2.50. The highest BCUT2D eigenvalue weighted by molar-refractivity contribution is 7.66. The monoisotopic (exact) mass is 732 g/mol. The van der Waals surface area contributed by atoms with E-state index in [1.54, 1.807) is 6.08 Å². The highest BCUT2D eigenvalue weighted by atomic mass is 31.3. The maximum atomic E-state index is 13.0. The Morgan fingerprint density at radius 2 is 1.52 bits per heavy atom. The molecule has 3 heterocycles. The molecule has 4 aliphatic rings. The lowest BCUT2D eigenvalue weighted by atomic mass is 9.90. The summed E-state index contributed by atoms with van der Waals surface area (Å²) in [4.78, 5) is 43.6. The maximum Gasteiger partial charge on any atom is 0.490 e. The van der Waals surface area contributed by atoms with Gasteiger partial charge in [0.1, 0.15) is 24.1 Å². The third-order valence-corrected chi connectivity index (χ3v) is 12.5. The third kappa shape index (κ3) is 8.28. The van der Waals surface area contributed by atoms with Gasteiger partial charge in [0.25, 0.3) is 0 Å². The van der Waals surface area contributed by atoms with Crippen molar-refractivity contribution in [2.75, 3.05) is 13.2 Å². The number of urea groups is 1. The molecule has 6 rings (SSSR count). The van der Waals surface area contributed by atoms with Crippen LogP contribution in [0.25, 0.3) is 16.5 Å². The second kappa shape index (κ2) is 14.0. The van der Waals surface area contributed by atoms with Gasteiger partial charge in [0.2, 0.25) is 6.23 Å². The Balaban J connectivity index is 1.06. The molecule has 262 valence electrons. The predicted molar refractivity (Wildman–Crippen MR) is 166 cm³/mol. The molecule has 2 amide bonds. The van der Waals surface area contributed by atoms with Gasteiger partial charge in [-0.2, -0.15) is 8.62 Å². The molecule has 6 N–H and O–H groups in total. The van der Waals surface area contributed by atoms with E-state index in [0.29, 0.717) is 11.3 Å². The van der Waals surface area contributed by atoms with Gasteiger partial charge in [0.05, 0.1) is 13.2 Å². The van der Waals surface area contributed by atoms with Gasteiger partial charge in [-0.25, -0.2) is 18.5 Å². The van der Waals surface area contributed by atoms with Crippen LogP contribution in [0.2, 0.25) is 0 Å². The van der Waals surface area contributed by atoms with Gasteiger partial charge in [-0.1, -0.05) is 55.7 Å². The van der Waals surface area contributed by atoms with Crippen molar-refractivity contribution in [3.63, 3.8) is 0 Å². The minimum absolute atomic E-state index is 0.0597. The van der Waals surface area contributed by atoms with Crippen molar-refractivity contribution in [1.29, 1.82) is 0 Å². The summed E-state index contributed by atoms with van der Waals surface area (Å²) >= 11 is 0. The molecule has 8 atom stereocenters. The fourth-order valence-corrected chi connectivity index (χ4v) is 9.49. The van der Waals surface area contributed by atoms with E-state index in [-0.39, 0.29) is 12.5 Å². The number of nitrogens with zero attached hydrogens (tertiary/aromatic N) is 1. The number of nitrogens with one attached hydrogen (secondary N) is 1. The van der Waals surface area contributed by atoms with Crippen LogP contribution in [0.1, 0.15) is 37.7 Å². The van der Waals surface area contributed by atoms with Crippen molar-refractivity contribution < 1.29 is 70.5 Å². The van der Waals surface area contributed by atoms with Crippen LogP contribution in [-0.2, 0) is 40.8 Å². The van der Waals surface area contributed by atoms with Gasteiger partial charge in [0, 0.05) is 17.3 Å². The summed E-state index contributed by atoms with van der Waals surface area (Å²) in [5, 5.41) is 25.9. The Bertz CT molecular complexity index is 1750. The zero-order valence-corrected chi connectivity index (χ0v) is 27.9. The zero-order chi connectivity index (χ0) is 34.3. The molecular weight excluding hydrogens is 697 g/mol. The molecule has 20 heteroatoms. The number of carbonyl (C=O) groups excluding carboxylic acids is 1. The number of phosphoric ester groups is 2. The largest absolute Gasteiger partial charge is 0.490 e. The summed E-state index contributed by atoms with van der Waals surface area (Å²) in [7, 11) is -16.4. The smallest absolute Gasteiger partial charge is 0.466 e. The molecule has 0 spiro atoms. The average molecular weight is 733 g/mol. The first kappa shape index (κ1) is 35.4. The van der Waals surface area contributed by atoms with Crippen LogP contribution < -0.4 is 5.32 Å². The lowest BCUT2D eigenvalue weighted by Crippen LogP contribution is -2.54. The fraction of sp³-hybridized carbons (Fsp3) is 0.464. The van der Waals surface area contributed by atoms with E-state index in [1.165, 1.54) is 6.20 Å². The van der Waals surface area contributed by atoms with Gasteiger partial charge in [0.15, 0.2) is 6.23 Å². The van der Waals surface area contributed by atoms with Crippen molar-refractivity contribution >= 4 is 46.0 Å². The highest BCUT2D eigenvalue weighted by Crippen LogP contribution is 2.67. The number of rotatable bonds is 12. The van der Waals surface area contributed by atoms with E-state index in [9.17, 15) is 43.4 Å². The topological polar surface area (TPSA) is 240 Å². The number of amides is 2. The number of ether oxygens (including phenoxy) is 2. The van der Waals surface area contributed by atoms with Crippen LogP contribution in [0, 0.1) is 5.92 Å². The summed E-state index contributed by atoms with van der Waals surface area (Å²) in [5.41, 5.74) is 1.26. The molecule has 0 aromatic heterocycles. The number of benzene rings is 2. The normalized spacial score (nSPS) is 30.0. The molecule has 1 aliphatic carbocycles. The van der Waals surface area contributed by atoms with E-state index in [4.69, 9.17) is 14.0 Å². The first-order valence-electron chi connectivity index (χ1n) is 15.1. The average Bonchev–Trinajstić information content (AvgIpc) is 3.57. The second-order valence-electron chi connectivity index (χ2n) is 11.8. The van der Waals surface area contributed by atoms with E-state index in [2.05, 4.69) is 18.5 Å². The molecule has 2 fully saturated rings. The molecule has 0 bridgehead atoms. The van der Waals surface area contributed by atoms with Gasteiger partial charge in [-0.3, -0.25) is 19.3 Å². The van der Waals surface area contributed by atoms with Crippen LogP contribution in [-0.4, -0.2) is 79.8 Å². The number of fused-ring (bicyclic) bond motifs is 2. The Morgan fingerprint density at radius 3 is 2.23 bits per heavy atom. The Morgan fingerprint density at radius 1 is 0.854 bits per heavy atom. The van der Waals surface area contributed by atoms with E-state index >= 15 is 0 Å². The van der Waals surface area contributed by atoms with Crippen molar-refractivity contribution in [2.45, 2.75) is 62.9 Å². The van der Waals surface area contributed by atoms with Crippen LogP contribution in [0.5, 0.6) is 0 Å². The molecule has 2 aromatic carbocycles. The summed E-state index contributed by atoms with van der Waals surface area (Å²) in [6, 6.07) is 12.8. The predicted octanol–water partition coefficient (Wildman–Crippen LogP) is 3.84. The van der Waals surface area contributed by atoms with E-state index in [1.807, 2.05) is 42.5 Å². The van der Waals surface area contributed by atoms with E-state index in [0.717, 1.165) is 53.3 Å². The molecule has 5 unspecified atom stereocenters. The Hall–Kier alpha value is -2.46. The van der Waals surface area contributed by atoms with Crippen LogP contribution in [0.4, 0.5) is 4.79 Å². The Labute approximate surface area is 274 Å². The lowest BCUT2D eigenvalue weighted by molar-refractivity contribution is -0.0672. The summed E-state index contributed by atoms with van der Waals surface area (Å²) in [6.07, 6.45) is -0.00445. The number of aliphatic hydroxyl groups is 2. The number of carbonyl (C=O) groups is 1. The number of aliphatic hydroxyl groups excluding tert-OH is 2. The van der Waals surface area contributed by atoms with Crippen molar-refractivity contribution in [3.05, 3.63) is 65.9 Å². The molecule has 3 aliphatic heterocycles. The van der Waals surface area contributed by atoms with Gasteiger partial charge < -0.3 is 34.4 Å². The quantitative estimate of drug-likeness (QED) is 0.170. The number of hydrogen-bond donors (Lipinski definition) is 6. The number of hydrogen-bond acceptors (Lipinski definition) is 12. The van der Waals surface area contributed by atoms with Crippen LogP contribution in [0.3, 0.4) is 0 Å². The van der Waals surface area contributed by atoms with Crippen LogP contribution in [0.15, 0.2) is 60.3 Å². The van der Waals surface area contributed by atoms with Crippen molar-refractivity contribution in [2.24, 2.45) is 5.92 Å². The SMILES string of the molecule is O=C1NC2OC(c3ccc4ccccc4c3)=CC2=CN1[C@@H]1O[C@H](COP(=O)(O)OP(=O)(O)OP(=O)(O)OCC2CCCCC2)C(O)[C@@H]1O. The van der Waals surface area contributed by atoms with Gasteiger partial charge >= 0.3 is 29.5 Å². The fourth-order valence-electron chi connectivity index (χ4n) is 5.90. The molecule has 1 saturated carbocycles. The zero-order valence-electron chi connectivity index (χ0n) is 25.2. The molecule has 17 nitrogen and oxygen atoms in total. The van der Waals surface area contributed by atoms with E-state index < -0.39 is 66.9 Å². The first-order chi connectivity index (χ1) is 22.7. The second-order valence-corrected chi connectivity index (χ2v) is 16.4. The first-order valence-corrected chi connectivity index (χ1v) is 19.6. The summed E-state index contributed by atoms with van der Waals surface area (Å²) < 4.78 is 66.1. The molecular formula is C28H35N2O15P3. The standard InChI is InChI=1S/C28H35N2O15P3/c31-24-23(16-41-47(36,37)45-48(38,39)44-46(34,35)40-15-17-6-2-1-3-7-17)43-27(25(24)32)30-14-21-13-22(42-26(21)29-28(30)33)20-11-10-18-8-4-5-9-19(18)12-20/h4-5,8-14,17,23-27,31-32H,1-3,6-7,15-16H2,(H,29,33)(H,34,35)(H,36,37)(H,38,39)/t23-,24?,25+,26?,27-/m1/s1. The maximum absolute atomic E-state index is 13.0.